The van der Waals surface area contributed by atoms with Crippen molar-refractivity contribution in [2.75, 3.05) is 13.2 Å². The van der Waals surface area contributed by atoms with Crippen molar-refractivity contribution in [3.8, 4) is 0 Å². The second-order valence-corrected chi connectivity index (χ2v) is 4.90. The summed E-state index contributed by atoms with van der Waals surface area (Å²) in [6.07, 6.45) is 10.9. The van der Waals surface area contributed by atoms with Crippen LogP contribution < -0.4 is 0 Å². The van der Waals surface area contributed by atoms with E-state index in [1.807, 2.05) is 0 Å². The van der Waals surface area contributed by atoms with Gasteiger partial charge >= 0.3 is 0 Å². The molecule has 96 valence electrons. The molecular weight excluding hydrogens is 200 g/mol. The average Bonchev–Trinajstić information content (AvgIpc) is 2.33. The van der Waals surface area contributed by atoms with Gasteiger partial charge in [0.15, 0.2) is 0 Å². The summed E-state index contributed by atoms with van der Waals surface area (Å²) in [4.78, 5) is 0. The van der Waals surface area contributed by atoms with Crippen LogP contribution >= 0.6 is 0 Å². The minimum absolute atomic E-state index is 0.367. The molecule has 1 fully saturated rings. The van der Waals surface area contributed by atoms with E-state index in [0.717, 1.165) is 13.2 Å². The van der Waals surface area contributed by atoms with Crippen LogP contribution in [0.4, 0.5) is 0 Å². The summed E-state index contributed by atoms with van der Waals surface area (Å²) < 4.78 is 11.7. The summed E-state index contributed by atoms with van der Waals surface area (Å²) >= 11 is 0. The Morgan fingerprint density at radius 2 is 1.31 bits per heavy atom. The summed E-state index contributed by atoms with van der Waals surface area (Å²) in [5.74, 6) is 0. The van der Waals surface area contributed by atoms with Crippen LogP contribution in [0.25, 0.3) is 0 Å². The molecule has 1 rings (SSSR count). The van der Waals surface area contributed by atoms with Gasteiger partial charge in [0, 0.05) is 0 Å². The molecule has 16 heavy (non-hydrogen) atoms. The highest BCUT2D eigenvalue weighted by atomic mass is 16.6. The molecule has 0 bridgehead atoms. The zero-order valence-electron chi connectivity index (χ0n) is 11.0. The molecule has 2 atom stereocenters. The Morgan fingerprint density at radius 3 is 1.81 bits per heavy atom. The van der Waals surface area contributed by atoms with Gasteiger partial charge in [0.2, 0.25) is 0 Å². The highest BCUT2D eigenvalue weighted by Crippen LogP contribution is 2.17. The largest absolute Gasteiger partial charge is 0.373 e. The van der Waals surface area contributed by atoms with E-state index in [1.165, 1.54) is 51.4 Å². The molecule has 1 aliphatic rings. The molecule has 0 aliphatic carbocycles. The van der Waals surface area contributed by atoms with Gasteiger partial charge in [-0.05, 0) is 12.8 Å². The van der Waals surface area contributed by atoms with Gasteiger partial charge in [0.05, 0.1) is 25.4 Å². The summed E-state index contributed by atoms with van der Waals surface area (Å²) in [6, 6.07) is 0. The van der Waals surface area contributed by atoms with Gasteiger partial charge in [0.25, 0.3) is 0 Å². The highest BCUT2D eigenvalue weighted by molar-refractivity contribution is 4.68. The number of hydrogen-bond acceptors (Lipinski definition) is 2. The first-order valence-corrected chi connectivity index (χ1v) is 7.10. The molecule has 0 radical (unpaired) electrons. The maximum absolute atomic E-state index is 5.84. The number of unbranched alkanes of at least 4 members (excludes halogenated alkanes) is 4. The lowest BCUT2D eigenvalue weighted by molar-refractivity contribution is -0.137. The Bertz CT molecular complexity index is 151. The van der Waals surface area contributed by atoms with E-state index in [0.29, 0.717) is 12.2 Å². The molecule has 0 spiro atoms. The van der Waals surface area contributed by atoms with E-state index in [4.69, 9.17) is 9.47 Å². The molecule has 0 amide bonds. The average molecular weight is 228 g/mol. The van der Waals surface area contributed by atoms with Crippen LogP contribution in [0.2, 0.25) is 0 Å². The predicted octanol–water partition coefficient (Wildman–Crippen LogP) is 3.93. The van der Waals surface area contributed by atoms with E-state index in [1.54, 1.807) is 0 Å². The third-order valence-electron chi connectivity index (χ3n) is 3.29. The third-order valence-corrected chi connectivity index (χ3v) is 3.29. The van der Waals surface area contributed by atoms with Gasteiger partial charge in [-0.15, -0.1) is 0 Å². The first-order valence-electron chi connectivity index (χ1n) is 7.10. The normalized spacial score (nSPS) is 25.9. The molecule has 0 aromatic carbocycles. The quantitative estimate of drug-likeness (QED) is 0.586. The molecule has 2 unspecified atom stereocenters. The molecule has 1 heterocycles. The molecule has 1 aliphatic heterocycles. The molecule has 0 aromatic rings. The van der Waals surface area contributed by atoms with Crippen LogP contribution in [0.15, 0.2) is 0 Å². The first-order chi connectivity index (χ1) is 7.86. The van der Waals surface area contributed by atoms with Crippen molar-refractivity contribution in [1.82, 2.24) is 0 Å². The van der Waals surface area contributed by atoms with Gasteiger partial charge < -0.3 is 9.47 Å². The van der Waals surface area contributed by atoms with Gasteiger partial charge in [-0.1, -0.05) is 52.4 Å². The lowest BCUT2D eigenvalue weighted by atomic mass is 10.1. The van der Waals surface area contributed by atoms with Crippen LogP contribution in [0, 0.1) is 0 Å². The Hall–Kier alpha value is -0.0800. The van der Waals surface area contributed by atoms with E-state index in [2.05, 4.69) is 13.8 Å². The second-order valence-electron chi connectivity index (χ2n) is 4.90. The molecule has 0 saturated carbocycles. The minimum atomic E-state index is 0.367. The van der Waals surface area contributed by atoms with Crippen molar-refractivity contribution in [3.05, 3.63) is 0 Å². The van der Waals surface area contributed by atoms with Crippen molar-refractivity contribution in [1.29, 1.82) is 0 Å². The predicted molar refractivity (Wildman–Crippen MR) is 67.8 cm³/mol. The first kappa shape index (κ1) is 14.0. The van der Waals surface area contributed by atoms with Crippen molar-refractivity contribution < 1.29 is 9.47 Å². The van der Waals surface area contributed by atoms with Crippen LogP contribution in [0.5, 0.6) is 0 Å². The Labute approximate surface area is 101 Å². The summed E-state index contributed by atoms with van der Waals surface area (Å²) in [5, 5.41) is 0. The van der Waals surface area contributed by atoms with Crippen molar-refractivity contribution in [3.63, 3.8) is 0 Å². The molecular formula is C14H28O2. The number of ether oxygens (including phenoxy) is 2. The smallest absolute Gasteiger partial charge is 0.0810 e. The number of rotatable bonds is 8. The fourth-order valence-electron chi connectivity index (χ4n) is 2.15. The van der Waals surface area contributed by atoms with Gasteiger partial charge in [-0.2, -0.15) is 0 Å². The van der Waals surface area contributed by atoms with Crippen LogP contribution in [0.3, 0.4) is 0 Å². The maximum Gasteiger partial charge on any atom is 0.0810 e. The second kappa shape index (κ2) is 9.00. The van der Waals surface area contributed by atoms with E-state index in [9.17, 15) is 0 Å². The molecule has 0 aromatic heterocycles. The zero-order chi connectivity index (χ0) is 11.6. The Balaban J connectivity index is 1.98. The summed E-state index contributed by atoms with van der Waals surface area (Å²) in [6.45, 7) is 6.11. The topological polar surface area (TPSA) is 18.5 Å². The van der Waals surface area contributed by atoms with E-state index in [-0.39, 0.29) is 0 Å². The molecule has 2 nitrogen and oxygen atoms in total. The van der Waals surface area contributed by atoms with Gasteiger partial charge in [0.1, 0.15) is 0 Å². The molecule has 0 N–H and O–H groups in total. The summed E-state index contributed by atoms with van der Waals surface area (Å²) in [5.41, 5.74) is 0. The molecule has 2 heteroatoms. The monoisotopic (exact) mass is 228 g/mol. The highest BCUT2D eigenvalue weighted by Gasteiger charge is 2.21. The zero-order valence-corrected chi connectivity index (χ0v) is 11.0. The lowest BCUT2D eigenvalue weighted by Gasteiger charge is -2.29. The van der Waals surface area contributed by atoms with Gasteiger partial charge in [-0.3, -0.25) is 0 Å². The minimum Gasteiger partial charge on any atom is -0.373 e. The van der Waals surface area contributed by atoms with E-state index < -0.39 is 0 Å². The molecule has 1 saturated heterocycles. The van der Waals surface area contributed by atoms with Crippen molar-refractivity contribution in [2.45, 2.75) is 77.4 Å². The SMILES string of the molecule is CCCCCCC1COC(CCCC)CO1. The van der Waals surface area contributed by atoms with Crippen LogP contribution in [0.1, 0.15) is 65.2 Å². The van der Waals surface area contributed by atoms with Crippen LogP contribution in [-0.2, 0) is 9.47 Å². The third kappa shape index (κ3) is 5.86. The summed E-state index contributed by atoms with van der Waals surface area (Å²) in [7, 11) is 0. The van der Waals surface area contributed by atoms with E-state index >= 15 is 0 Å². The fraction of sp³-hybridized carbons (Fsp3) is 1.00. The number of hydrogen-bond donors (Lipinski definition) is 0. The van der Waals surface area contributed by atoms with Crippen molar-refractivity contribution >= 4 is 0 Å². The standard InChI is InChI=1S/C14H28O2/c1-3-5-7-8-10-14-12-15-13(11-16-14)9-6-4-2/h13-14H,3-12H2,1-2H3. The van der Waals surface area contributed by atoms with Crippen molar-refractivity contribution in [2.24, 2.45) is 0 Å². The Morgan fingerprint density at radius 1 is 0.750 bits per heavy atom. The van der Waals surface area contributed by atoms with Gasteiger partial charge in [-0.25, -0.2) is 0 Å². The Kier molecular flexibility index (Phi) is 7.87. The maximum atomic E-state index is 5.84. The fourth-order valence-corrected chi connectivity index (χ4v) is 2.15. The lowest BCUT2D eigenvalue weighted by Crippen LogP contribution is -2.35. The van der Waals surface area contributed by atoms with Crippen LogP contribution in [-0.4, -0.2) is 25.4 Å².